The van der Waals surface area contributed by atoms with Crippen LogP contribution in [0.25, 0.3) is 22.5 Å². The number of pyridine rings is 1. The third-order valence-corrected chi connectivity index (χ3v) is 3.50. The van der Waals surface area contributed by atoms with Crippen LogP contribution >= 0.6 is 15.9 Å². The summed E-state index contributed by atoms with van der Waals surface area (Å²) in [5.74, 6) is 0.0945. The van der Waals surface area contributed by atoms with E-state index in [0.717, 1.165) is 5.56 Å². The summed E-state index contributed by atoms with van der Waals surface area (Å²) in [6.07, 6.45) is 3.26. The van der Waals surface area contributed by atoms with Crippen LogP contribution in [0.5, 0.6) is 0 Å². The zero-order valence-electron chi connectivity index (χ0n) is 10.2. The van der Waals surface area contributed by atoms with E-state index in [0.29, 0.717) is 21.4 Å². The van der Waals surface area contributed by atoms with Crippen LogP contribution in [0.1, 0.15) is 0 Å². The van der Waals surface area contributed by atoms with Gasteiger partial charge in [0.05, 0.1) is 15.6 Å². The molecule has 3 rings (SSSR count). The van der Waals surface area contributed by atoms with Crippen LogP contribution in [0.3, 0.4) is 0 Å². The molecule has 0 saturated heterocycles. The summed E-state index contributed by atoms with van der Waals surface area (Å²) in [7, 11) is 0. The molecule has 0 saturated carbocycles. The van der Waals surface area contributed by atoms with Gasteiger partial charge in [0.25, 0.3) is 0 Å². The Labute approximate surface area is 122 Å². The van der Waals surface area contributed by atoms with Crippen molar-refractivity contribution in [1.29, 1.82) is 0 Å². The maximum absolute atomic E-state index is 14.2. The molecule has 2 aromatic heterocycles. The molecule has 0 bridgehead atoms. The smallest absolute Gasteiger partial charge is 0.179 e. The molecule has 0 radical (unpaired) electrons. The highest BCUT2D eigenvalue weighted by Gasteiger charge is 2.21. The fourth-order valence-corrected chi connectivity index (χ4v) is 2.33. The summed E-state index contributed by atoms with van der Waals surface area (Å²) in [5, 5.41) is 3.74. The van der Waals surface area contributed by atoms with Crippen LogP contribution in [0.2, 0.25) is 0 Å². The largest absolute Gasteiger partial charge is 0.380 e. The summed E-state index contributed by atoms with van der Waals surface area (Å²) in [5.41, 5.74) is 7.47. The minimum atomic E-state index is -0.418. The number of nitrogen functional groups attached to an aromatic ring is 1. The summed E-state index contributed by atoms with van der Waals surface area (Å²) in [6.45, 7) is 0. The van der Waals surface area contributed by atoms with Gasteiger partial charge < -0.3 is 10.3 Å². The number of hydrogen-bond donors (Lipinski definition) is 1. The molecule has 0 spiro atoms. The van der Waals surface area contributed by atoms with Crippen molar-refractivity contribution in [2.24, 2.45) is 0 Å². The van der Waals surface area contributed by atoms with Gasteiger partial charge in [0.1, 0.15) is 5.82 Å². The van der Waals surface area contributed by atoms with Gasteiger partial charge in [-0.05, 0) is 45.8 Å². The van der Waals surface area contributed by atoms with Crippen LogP contribution in [0.4, 0.5) is 10.2 Å². The van der Waals surface area contributed by atoms with E-state index in [1.165, 1.54) is 0 Å². The zero-order chi connectivity index (χ0) is 14.1. The van der Waals surface area contributed by atoms with Gasteiger partial charge in [0.15, 0.2) is 11.6 Å². The molecule has 0 unspecified atom stereocenters. The predicted octanol–water partition coefficient (Wildman–Crippen LogP) is 3.89. The standard InChI is InChI=1S/C14H9BrFN3O/c15-10-3-1-2-9(12(10)16)13-11(14(17)19-20-13)8-4-6-18-7-5-8/h1-7H,(H2,17,19). The Morgan fingerprint density at radius 2 is 1.90 bits per heavy atom. The highest BCUT2D eigenvalue weighted by Crippen LogP contribution is 2.38. The molecule has 100 valence electrons. The quantitative estimate of drug-likeness (QED) is 0.772. The van der Waals surface area contributed by atoms with Crippen molar-refractivity contribution in [1.82, 2.24) is 10.1 Å². The molecular weight excluding hydrogens is 325 g/mol. The molecule has 0 aliphatic heterocycles. The third-order valence-electron chi connectivity index (χ3n) is 2.88. The van der Waals surface area contributed by atoms with Gasteiger partial charge in [-0.1, -0.05) is 11.2 Å². The second-order valence-corrected chi connectivity index (χ2v) is 4.96. The molecule has 0 fully saturated rings. The predicted molar refractivity (Wildman–Crippen MR) is 77.2 cm³/mol. The summed E-state index contributed by atoms with van der Waals surface area (Å²) in [4.78, 5) is 3.95. The molecule has 0 aliphatic rings. The molecule has 20 heavy (non-hydrogen) atoms. The summed E-state index contributed by atoms with van der Waals surface area (Å²) < 4.78 is 19.8. The molecule has 3 aromatic rings. The molecule has 0 aliphatic carbocycles. The molecule has 0 amide bonds. The summed E-state index contributed by atoms with van der Waals surface area (Å²) in [6, 6.07) is 8.48. The second-order valence-electron chi connectivity index (χ2n) is 4.11. The fourth-order valence-electron chi connectivity index (χ4n) is 1.96. The Morgan fingerprint density at radius 1 is 1.15 bits per heavy atom. The fraction of sp³-hybridized carbons (Fsp3) is 0. The van der Waals surface area contributed by atoms with E-state index >= 15 is 0 Å². The Morgan fingerprint density at radius 3 is 2.65 bits per heavy atom. The maximum atomic E-state index is 14.2. The number of nitrogens with zero attached hydrogens (tertiary/aromatic N) is 2. The highest BCUT2D eigenvalue weighted by atomic mass is 79.9. The SMILES string of the molecule is Nc1noc(-c2cccc(Br)c2F)c1-c1ccncc1. The topological polar surface area (TPSA) is 64.9 Å². The van der Waals surface area contributed by atoms with Gasteiger partial charge in [-0.2, -0.15) is 0 Å². The van der Waals surface area contributed by atoms with E-state index in [9.17, 15) is 4.39 Å². The zero-order valence-corrected chi connectivity index (χ0v) is 11.8. The van der Waals surface area contributed by atoms with E-state index in [-0.39, 0.29) is 5.82 Å². The minimum Gasteiger partial charge on any atom is -0.380 e. The first-order valence-electron chi connectivity index (χ1n) is 5.78. The first-order chi connectivity index (χ1) is 9.68. The Balaban J connectivity index is 2.24. The monoisotopic (exact) mass is 333 g/mol. The van der Waals surface area contributed by atoms with E-state index < -0.39 is 5.82 Å². The average Bonchev–Trinajstić information content (AvgIpc) is 2.84. The summed E-state index contributed by atoms with van der Waals surface area (Å²) >= 11 is 3.15. The van der Waals surface area contributed by atoms with Crippen LogP contribution in [0.15, 0.2) is 51.7 Å². The Kier molecular flexibility index (Phi) is 3.23. The number of halogens is 2. The number of anilines is 1. The van der Waals surface area contributed by atoms with Crippen molar-refractivity contribution >= 4 is 21.7 Å². The van der Waals surface area contributed by atoms with Crippen LogP contribution in [-0.2, 0) is 0 Å². The number of hydrogen-bond acceptors (Lipinski definition) is 4. The molecule has 0 atom stereocenters. The lowest BCUT2D eigenvalue weighted by molar-refractivity contribution is 0.433. The normalized spacial score (nSPS) is 10.7. The van der Waals surface area contributed by atoms with Crippen molar-refractivity contribution in [3.05, 3.63) is 53.0 Å². The molecule has 6 heteroatoms. The van der Waals surface area contributed by atoms with Crippen LogP contribution in [0, 0.1) is 5.82 Å². The third kappa shape index (κ3) is 2.08. The van der Waals surface area contributed by atoms with Gasteiger partial charge in [0.2, 0.25) is 0 Å². The highest BCUT2D eigenvalue weighted by molar-refractivity contribution is 9.10. The van der Waals surface area contributed by atoms with E-state index in [1.54, 1.807) is 42.7 Å². The van der Waals surface area contributed by atoms with E-state index in [4.69, 9.17) is 10.3 Å². The van der Waals surface area contributed by atoms with Crippen molar-refractivity contribution in [3.8, 4) is 22.5 Å². The molecule has 2 N–H and O–H groups in total. The van der Waals surface area contributed by atoms with Crippen LogP contribution in [-0.4, -0.2) is 10.1 Å². The lowest BCUT2D eigenvalue weighted by Gasteiger charge is -2.04. The number of benzene rings is 1. The molecular formula is C14H9BrFN3O. The lowest BCUT2D eigenvalue weighted by Crippen LogP contribution is -1.90. The van der Waals surface area contributed by atoms with E-state index in [1.807, 2.05) is 0 Å². The first kappa shape index (κ1) is 12.8. The van der Waals surface area contributed by atoms with Gasteiger partial charge in [-0.3, -0.25) is 4.98 Å². The molecule has 1 aromatic carbocycles. The maximum Gasteiger partial charge on any atom is 0.179 e. The first-order valence-corrected chi connectivity index (χ1v) is 6.57. The van der Waals surface area contributed by atoms with Gasteiger partial charge in [-0.25, -0.2) is 4.39 Å². The number of nitrogens with two attached hydrogens (primary N) is 1. The second kappa shape index (κ2) is 5.05. The lowest BCUT2D eigenvalue weighted by atomic mass is 10.0. The minimum absolute atomic E-state index is 0.213. The number of aromatic nitrogens is 2. The van der Waals surface area contributed by atoms with Crippen molar-refractivity contribution in [2.45, 2.75) is 0 Å². The average molecular weight is 334 g/mol. The Bertz CT molecular complexity index is 758. The van der Waals surface area contributed by atoms with Crippen LogP contribution < -0.4 is 5.73 Å². The molecule has 4 nitrogen and oxygen atoms in total. The Hall–Kier alpha value is -2.21. The number of rotatable bonds is 2. The van der Waals surface area contributed by atoms with Crippen molar-refractivity contribution in [3.63, 3.8) is 0 Å². The van der Waals surface area contributed by atoms with Gasteiger partial charge >= 0.3 is 0 Å². The van der Waals surface area contributed by atoms with Gasteiger partial charge in [0, 0.05) is 12.4 Å². The van der Waals surface area contributed by atoms with Gasteiger partial charge in [-0.15, -0.1) is 0 Å². The molecule has 2 heterocycles. The van der Waals surface area contributed by atoms with Crippen molar-refractivity contribution in [2.75, 3.05) is 5.73 Å². The van der Waals surface area contributed by atoms with Crippen molar-refractivity contribution < 1.29 is 8.91 Å². The van der Waals surface area contributed by atoms with E-state index in [2.05, 4.69) is 26.1 Å².